The smallest absolute Gasteiger partial charge is 0.251 e. The van der Waals surface area contributed by atoms with Gasteiger partial charge < -0.3 is 10.2 Å². The van der Waals surface area contributed by atoms with Crippen LogP contribution in [0.4, 0.5) is 5.69 Å². The Morgan fingerprint density at radius 2 is 2.00 bits per heavy atom. The standard InChI is InChI=1S/C19H18Cl2N2O2/c20-15-7-6-13(17(21)12-15)8-9-22-19(25)14-3-1-4-16(11-14)23-10-2-5-18(23)24/h1,3-4,6-7,11-12H,2,5,8-10H2,(H,22,25). The van der Waals surface area contributed by atoms with Gasteiger partial charge in [-0.15, -0.1) is 0 Å². The van der Waals surface area contributed by atoms with E-state index < -0.39 is 0 Å². The molecule has 0 saturated carbocycles. The van der Waals surface area contributed by atoms with E-state index in [2.05, 4.69) is 5.32 Å². The Balaban J connectivity index is 1.60. The summed E-state index contributed by atoms with van der Waals surface area (Å²) in [6, 6.07) is 12.5. The van der Waals surface area contributed by atoms with Crippen LogP contribution in [0.1, 0.15) is 28.8 Å². The van der Waals surface area contributed by atoms with Crippen molar-refractivity contribution < 1.29 is 9.59 Å². The molecule has 0 aliphatic carbocycles. The lowest BCUT2D eigenvalue weighted by molar-refractivity contribution is -0.117. The van der Waals surface area contributed by atoms with Crippen molar-refractivity contribution in [2.75, 3.05) is 18.0 Å². The molecule has 0 radical (unpaired) electrons. The van der Waals surface area contributed by atoms with Crippen LogP contribution in [-0.4, -0.2) is 24.9 Å². The molecule has 3 rings (SSSR count). The first-order valence-electron chi connectivity index (χ1n) is 8.17. The second-order valence-electron chi connectivity index (χ2n) is 5.94. The van der Waals surface area contributed by atoms with Crippen LogP contribution in [0.25, 0.3) is 0 Å². The molecule has 6 heteroatoms. The van der Waals surface area contributed by atoms with Gasteiger partial charge in [0.2, 0.25) is 5.91 Å². The third-order valence-corrected chi connectivity index (χ3v) is 4.78. The number of benzene rings is 2. The highest BCUT2D eigenvalue weighted by Gasteiger charge is 2.22. The van der Waals surface area contributed by atoms with E-state index in [1.807, 2.05) is 12.1 Å². The average molecular weight is 377 g/mol. The molecule has 1 aliphatic rings. The molecular weight excluding hydrogens is 359 g/mol. The predicted octanol–water partition coefficient (Wildman–Crippen LogP) is 4.09. The number of rotatable bonds is 5. The van der Waals surface area contributed by atoms with Crippen LogP contribution >= 0.6 is 23.2 Å². The molecule has 0 atom stereocenters. The number of hydrogen-bond donors (Lipinski definition) is 1. The molecule has 25 heavy (non-hydrogen) atoms. The summed E-state index contributed by atoms with van der Waals surface area (Å²) >= 11 is 12.0. The highest BCUT2D eigenvalue weighted by molar-refractivity contribution is 6.35. The number of anilines is 1. The first kappa shape index (κ1) is 17.8. The maximum absolute atomic E-state index is 12.4. The molecule has 2 aromatic rings. The molecule has 0 spiro atoms. The lowest BCUT2D eigenvalue weighted by atomic mass is 10.1. The van der Waals surface area contributed by atoms with Gasteiger partial charge in [-0.25, -0.2) is 0 Å². The van der Waals surface area contributed by atoms with Crippen molar-refractivity contribution in [1.82, 2.24) is 5.32 Å². The first-order valence-corrected chi connectivity index (χ1v) is 8.93. The van der Waals surface area contributed by atoms with E-state index in [4.69, 9.17) is 23.2 Å². The monoisotopic (exact) mass is 376 g/mol. The molecule has 130 valence electrons. The van der Waals surface area contributed by atoms with Gasteiger partial charge in [0.1, 0.15) is 0 Å². The molecule has 1 fully saturated rings. The zero-order valence-corrected chi connectivity index (χ0v) is 15.1. The van der Waals surface area contributed by atoms with E-state index in [0.29, 0.717) is 41.5 Å². The number of hydrogen-bond acceptors (Lipinski definition) is 2. The summed E-state index contributed by atoms with van der Waals surface area (Å²) in [5, 5.41) is 4.07. The van der Waals surface area contributed by atoms with Crippen LogP contribution < -0.4 is 10.2 Å². The number of carbonyl (C=O) groups is 2. The molecule has 1 saturated heterocycles. The van der Waals surface area contributed by atoms with Crippen LogP contribution in [0.3, 0.4) is 0 Å². The third kappa shape index (κ3) is 4.33. The molecule has 1 aliphatic heterocycles. The van der Waals surface area contributed by atoms with Crippen molar-refractivity contribution in [3.63, 3.8) is 0 Å². The lowest BCUT2D eigenvalue weighted by Gasteiger charge is -2.16. The minimum atomic E-state index is -0.168. The molecule has 1 N–H and O–H groups in total. The number of amides is 2. The number of carbonyl (C=O) groups excluding carboxylic acids is 2. The Morgan fingerprint density at radius 1 is 1.16 bits per heavy atom. The number of nitrogens with zero attached hydrogens (tertiary/aromatic N) is 1. The summed E-state index contributed by atoms with van der Waals surface area (Å²) in [6.07, 6.45) is 2.04. The second-order valence-corrected chi connectivity index (χ2v) is 6.78. The Morgan fingerprint density at radius 3 is 2.72 bits per heavy atom. The zero-order chi connectivity index (χ0) is 17.8. The van der Waals surface area contributed by atoms with Crippen LogP contribution in [0, 0.1) is 0 Å². The summed E-state index contributed by atoms with van der Waals surface area (Å²) < 4.78 is 0. The summed E-state index contributed by atoms with van der Waals surface area (Å²) in [5.41, 5.74) is 2.25. The summed E-state index contributed by atoms with van der Waals surface area (Å²) in [5.74, 6) is -0.0616. The minimum absolute atomic E-state index is 0.106. The predicted molar refractivity (Wildman–Crippen MR) is 101 cm³/mol. The summed E-state index contributed by atoms with van der Waals surface area (Å²) in [7, 11) is 0. The van der Waals surface area contributed by atoms with Crippen LogP contribution in [0.5, 0.6) is 0 Å². The van der Waals surface area contributed by atoms with E-state index >= 15 is 0 Å². The maximum Gasteiger partial charge on any atom is 0.251 e. The molecule has 0 aromatic heterocycles. The highest BCUT2D eigenvalue weighted by Crippen LogP contribution is 2.23. The first-order chi connectivity index (χ1) is 12.0. The van der Waals surface area contributed by atoms with Gasteiger partial charge in [-0.3, -0.25) is 9.59 Å². The Kier molecular flexibility index (Phi) is 5.61. The quantitative estimate of drug-likeness (QED) is 0.853. The van der Waals surface area contributed by atoms with Crippen LogP contribution in [0.2, 0.25) is 10.0 Å². The van der Waals surface area contributed by atoms with Crippen molar-refractivity contribution >= 4 is 40.7 Å². The molecule has 0 unspecified atom stereocenters. The fourth-order valence-corrected chi connectivity index (χ4v) is 3.38. The molecule has 2 amide bonds. The van der Waals surface area contributed by atoms with Crippen LogP contribution in [-0.2, 0) is 11.2 Å². The van der Waals surface area contributed by atoms with E-state index in [1.54, 1.807) is 35.2 Å². The highest BCUT2D eigenvalue weighted by atomic mass is 35.5. The largest absolute Gasteiger partial charge is 0.352 e. The Hall–Kier alpha value is -2.04. The van der Waals surface area contributed by atoms with Crippen molar-refractivity contribution in [1.29, 1.82) is 0 Å². The number of halogens is 2. The van der Waals surface area contributed by atoms with Crippen LogP contribution in [0.15, 0.2) is 42.5 Å². The van der Waals surface area contributed by atoms with E-state index in [9.17, 15) is 9.59 Å². The van der Waals surface area contributed by atoms with Gasteiger partial charge in [0.15, 0.2) is 0 Å². The minimum Gasteiger partial charge on any atom is -0.352 e. The SMILES string of the molecule is O=C(NCCc1ccc(Cl)cc1Cl)c1cccc(N2CCCC2=O)c1. The van der Waals surface area contributed by atoms with E-state index in [1.165, 1.54) is 0 Å². The van der Waals surface area contributed by atoms with Gasteiger partial charge in [-0.1, -0.05) is 35.3 Å². The van der Waals surface area contributed by atoms with Gasteiger partial charge in [0.05, 0.1) is 0 Å². The van der Waals surface area contributed by atoms with Crippen molar-refractivity contribution in [2.45, 2.75) is 19.3 Å². The molecule has 0 bridgehead atoms. The summed E-state index contributed by atoms with van der Waals surface area (Å²) in [4.78, 5) is 25.9. The number of nitrogens with one attached hydrogen (secondary N) is 1. The van der Waals surface area contributed by atoms with Crippen molar-refractivity contribution in [3.05, 3.63) is 63.6 Å². The van der Waals surface area contributed by atoms with Gasteiger partial charge in [0.25, 0.3) is 5.91 Å². The second kappa shape index (κ2) is 7.89. The Labute approximate surface area is 156 Å². The third-order valence-electron chi connectivity index (χ3n) is 4.19. The molecule has 1 heterocycles. The zero-order valence-electron chi connectivity index (χ0n) is 13.6. The fourth-order valence-electron chi connectivity index (χ4n) is 2.87. The normalized spacial score (nSPS) is 14.0. The van der Waals surface area contributed by atoms with Gasteiger partial charge in [-0.05, 0) is 48.7 Å². The molecule has 4 nitrogen and oxygen atoms in total. The molecule has 2 aromatic carbocycles. The summed E-state index contributed by atoms with van der Waals surface area (Å²) in [6.45, 7) is 1.17. The molecular formula is C19H18Cl2N2O2. The van der Waals surface area contributed by atoms with E-state index in [0.717, 1.165) is 17.7 Å². The lowest BCUT2D eigenvalue weighted by Crippen LogP contribution is -2.27. The van der Waals surface area contributed by atoms with Gasteiger partial charge >= 0.3 is 0 Å². The fraction of sp³-hybridized carbons (Fsp3) is 0.263. The van der Waals surface area contributed by atoms with E-state index in [-0.39, 0.29) is 11.8 Å². The Bertz CT molecular complexity index is 808. The van der Waals surface area contributed by atoms with Crippen molar-refractivity contribution in [3.8, 4) is 0 Å². The van der Waals surface area contributed by atoms with Crippen molar-refractivity contribution in [2.24, 2.45) is 0 Å². The topological polar surface area (TPSA) is 49.4 Å². The van der Waals surface area contributed by atoms with Gasteiger partial charge in [0, 0.05) is 40.8 Å². The van der Waals surface area contributed by atoms with Gasteiger partial charge in [-0.2, -0.15) is 0 Å². The average Bonchev–Trinajstić information content (AvgIpc) is 3.03. The maximum atomic E-state index is 12.4.